The number of amides is 1. The maximum atomic E-state index is 12.6. The van der Waals surface area contributed by atoms with E-state index in [2.05, 4.69) is 38.2 Å². The summed E-state index contributed by atoms with van der Waals surface area (Å²) in [5, 5.41) is 6.55. The lowest BCUT2D eigenvalue weighted by atomic mass is 9.97. The van der Waals surface area contributed by atoms with E-state index in [1.54, 1.807) is 23.9 Å². The topological polar surface area (TPSA) is 71.0 Å². The van der Waals surface area contributed by atoms with Crippen LogP contribution in [-0.4, -0.2) is 33.9 Å². The van der Waals surface area contributed by atoms with E-state index in [-0.39, 0.29) is 11.8 Å². The van der Waals surface area contributed by atoms with E-state index < -0.39 is 0 Å². The lowest BCUT2D eigenvalue weighted by molar-refractivity contribution is -0.120. The Balaban J connectivity index is 1.55. The average Bonchev–Trinajstić information content (AvgIpc) is 3.30. The highest BCUT2D eigenvalue weighted by Crippen LogP contribution is 2.32. The Morgan fingerprint density at radius 1 is 1.40 bits per heavy atom. The molecular weight excluding hydrogens is 354 g/mol. The van der Waals surface area contributed by atoms with Crippen LogP contribution in [0.25, 0.3) is 10.2 Å². The second-order valence-electron chi connectivity index (χ2n) is 6.09. The van der Waals surface area contributed by atoms with E-state index in [0.717, 1.165) is 41.8 Å². The predicted octanol–water partition coefficient (Wildman–Crippen LogP) is 3.57. The third-order valence-electron chi connectivity index (χ3n) is 4.46. The summed E-state index contributed by atoms with van der Waals surface area (Å²) in [6, 6.07) is 2.19. The number of piperidine rings is 1. The SMILES string of the molecule is CCc1cc2c(N3CCC[C@H](C(=O)Nc4nccs4)C3)ncnc2s1. The average molecular weight is 374 g/mol. The van der Waals surface area contributed by atoms with Gasteiger partial charge in [-0.25, -0.2) is 15.0 Å². The van der Waals surface area contributed by atoms with Crippen LogP contribution in [0, 0.1) is 5.92 Å². The van der Waals surface area contributed by atoms with Crippen molar-refractivity contribution in [2.75, 3.05) is 23.3 Å². The van der Waals surface area contributed by atoms with Crippen molar-refractivity contribution < 1.29 is 4.79 Å². The highest BCUT2D eigenvalue weighted by Gasteiger charge is 2.28. The maximum absolute atomic E-state index is 12.6. The summed E-state index contributed by atoms with van der Waals surface area (Å²) in [6.07, 6.45) is 6.21. The molecule has 1 aliphatic heterocycles. The van der Waals surface area contributed by atoms with E-state index in [1.165, 1.54) is 16.2 Å². The minimum atomic E-state index is -0.0491. The quantitative estimate of drug-likeness (QED) is 0.757. The molecule has 4 heterocycles. The van der Waals surface area contributed by atoms with Crippen LogP contribution in [0.2, 0.25) is 0 Å². The van der Waals surface area contributed by atoms with Gasteiger partial charge in [-0.15, -0.1) is 22.7 Å². The third kappa shape index (κ3) is 3.36. The summed E-state index contributed by atoms with van der Waals surface area (Å²) < 4.78 is 0. The number of rotatable bonds is 4. The summed E-state index contributed by atoms with van der Waals surface area (Å²) in [4.78, 5) is 30.2. The molecule has 25 heavy (non-hydrogen) atoms. The van der Waals surface area contributed by atoms with Crippen LogP contribution in [-0.2, 0) is 11.2 Å². The minimum Gasteiger partial charge on any atom is -0.355 e. The van der Waals surface area contributed by atoms with Gasteiger partial charge in [-0.2, -0.15) is 0 Å². The van der Waals surface area contributed by atoms with Crippen LogP contribution < -0.4 is 10.2 Å². The normalized spacial score (nSPS) is 17.8. The first-order valence-electron chi connectivity index (χ1n) is 8.43. The van der Waals surface area contributed by atoms with Gasteiger partial charge in [0.1, 0.15) is 17.0 Å². The van der Waals surface area contributed by atoms with Gasteiger partial charge in [0.05, 0.1) is 11.3 Å². The Labute approximate surface area is 153 Å². The first-order valence-corrected chi connectivity index (χ1v) is 10.1. The standard InChI is InChI=1S/C17H19N5OS2/c1-2-12-8-13-14(19-10-20-16(13)25-12)22-6-3-4-11(9-22)15(23)21-17-18-5-7-24-17/h5,7-8,10-11H,2-4,6,9H2,1H3,(H,18,21,23)/t11-/m0/s1. The molecule has 130 valence electrons. The Kier molecular flexibility index (Phi) is 4.63. The maximum Gasteiger partial charge on any atom is 0.231 e. The van der Waals surface area contributed by atoms with Crippen LogP contribution in [0.3, 0.4) is 0 Å². The second kappa shape index (κ2) is 7.05. The van der Waals surface area contributed by atoms with Gasteiger partial charge < -0.3 is 10.2 Å². The number of anilines is 2. The largest absolute Gasteiger partial charge is 0.355 e. The first kappa shape index (κ1) is 16.4. The lowest BCUT2D eigenvalue weighted by Crippen LogP contribution is -2.41. The number of hydrogen-bond acceptors (Lipinski definition) is 7. The van der Waals surface area contributed by atoms with Crippen LogP contribution >= 0.6 is 22.7 Å². The van der Waals surface area contributed by atoms with Crippen LogP contribution in [0.1, 0.15) is 24.6 Å². The van der Waals surface area contributed by atoms with Gasteiger partial charge in [0.2, 0.25) is 5.91 Å². The third-order valence-corrected chi connectivity index (χ3v) is 6.34. The van der Waals surface area contributed by atoms with Crippen LogP contribution in [0.5, 0.6) is 0 Å². The first-order chi connectivity index (χ1) is 12.2. The molecule has 0 aliphatic carbocycles. The Morgan fingerprint density at radius 2 is 2.32 bits per heavy atom. The molecule has 1 fully saturated rings. The molecule has 1 N–H and O–H groups in total. The van der Waals surface area contributed by atoms with Crippen molar-refractivity contribution in [3.8, 4) is 0 Å². The van der Waals surface area contributed by atoms with Crippen LogP contribution in [0.4, 0.5) is 10.9 Å². The molecule has 6 nitrogen and oxygen atoms in total. The number of aryl methyl sites for hydroxylation is 1. The zero-order chi connectivity index (χ0) is 17.2. The molecule has 0 radical (unpaired) electrons. The van der Waals surface area contributed by atoms with E-state index in [1.807, 2.05) is 5.38 Å². The fraction of sp³-hybridized carbons (Fsp3) is 0.412. The molecule has 0 spiro atoms. The smallest absolute Gasteiger partial charge is 0.231 e. The van der Waals surface area contributed by atoms with E-state index in [9.17, 15) is 4.79 Å². The van der Waals surface area contributed by atoms with Gasteiger partial charge in [0, 0.05) is 29.5 Å². The summed E-state index contributed by atoms with van der Waals surface area (Å²) in [5.74, 6) is 0.948. The monoisotopic (exact) mass is 373 g/mol. The minimum absolute atomic E-state index is 0.0458. The number of nitrogens with one attached hydrogen (secondary N) is 1. The number of thiophene rings is 1. The lowest BCUT2D eigenvalue weighted by Gasteiger charge is -2.32. The molecule has 1 saturated heterocycles. The number of nitrogens with zero attached hydrogens (tertiary/aromatic N) is 4. The van der Waals surface area contributed by atoms with E-state index in [4.69, 9.17) is 0 Å². The number of thiazole rings is 1. The van der Waals surface area contributed by atoms with Crippen molar-refractivity contribution in [3.63, 3.8) is 0 Å². The van der Waals surface area contributed by atoms with E-state index in [0.29, 0.717) is 11.7 Å². The molecule has 3 aromatic heterocycles. The number of carbonyl (C=O) groups excluding carboxylic acids is 1. The van der Waals surface area contributed by atoms with Crippen molar-refractivity contribution in [3.05, 3.63) is 28.8 Å². The molecule has 1 atom stereocenters. The Hall–Kier alpha value is -2.06. The molecule has 1 amide bonds. The molecule has 0 unspecified atom stereocenters. The fourth-order valence-electron chi connectivity index (χ4n) is 3.20. The zero-order valence-electron chi connectivity index (χ0n) is 13.9. The molecule has 0 bridgehead atoms. The highest BCUT2D eigenvalue weighted by molar-refractivity contribution is 7.18. The Morgan fingerprint density at radius 3 is 3.12 bits per heavy atom. The number of aromatic nitrogens is 3. The number of carbonyl (C=O) groups is 1. The van der Waals surface area contributed by atoms with E-state index >= 15 is 0 Å². The van der Waals surface area contributed by atoms with Crippen molar-refractivity contribution in [1.29, 1.82) is 0 Å². The predicted molar refractivity (Wildman–Crippen MR) is 102 cm³/mol. The van der Waals surface area contributed by atoms with Gasteiger partial charge in [-0.1, -0.05) is 6.92 Å². The summed E-state index contributed by atoms with van der Waals surface area (Å²) >= 11 is 3.17. The summed E-state index contributed by atoms with van der Waals surface area (Å²) in [5.41, 5.74) is 0. The molecule has 4 rings (SSSR count). The van der Waals surface area contributed by atoms with Gasteiger partial charge in [0.15, 0.2) is 5.13 Å². The summed E-state index contributed by atoms with van der Waals surface area (Å²) in [6.45, 7) is 3.75. The second-order valence-corrected chi connectivity index (χ2v) is 8.10. The molecule has 8 heteroatoms. The highest BCUT2D eigenvalue weighted by atomic mass is 32.1. The number of hydrogen-bond donors (Lipinski definition) is 1. The van der Waals surface area contributed by atoms with Crippen LogP contribution in [0.15, 0.2) is 24.0 Å². The van der Waals surface area contributed by atoms with Gasteiger partial charge in [-0.3, -0.25) is 4.79 Å². The summed E-state index contributed by atoms with van der Waals surface area (Å²) in [7, 11) is 0. The molecule has 0 saturated carbocycles. The van der Waals surface area contributed by atoms with Gasteiger partial charge in [-0.05, 0) is 25.3 Å². The van der Waals surface area contributed by atoms with Crippen molar-refractivity contribution in [1.82, 2.24) is 15.0 Å². The fourth-order valence-corrected chi connectivity index (χ4v) is 4.66. The van der Waals surface area contributed by atoms with Crippen molar-refractivity contribution in [2.45, 2.75) is 26.2 Å². The van der Waals surface area contributed by atoms with Gasteiger partial charge >= 0.3 is 0 Å². The molecule has 0 aromatic carbocycles. The van der Waals surface area contributed by atoms with Gasteiger partial charge in [0.25, 0.3) is 0 Å². The van der Waals surface area contributed by atoms with Crippen molar-refractivity contribution in [2.24, 2.45) is 5.92 Å². The molecular formula is C17H19N5OS2. The zero-order valence-corrected chi connectivity index (χ0v) is 15.6. The number of fused-ring (bicyclic) bond motifs is 1. The Bertz CT molecular complexity index is 876. The van der Waals surface area contributed by atoms with Crippen molar-refractivity contribution >= 4 is 49.7 Å². The molecule has 3 aromatic rings. The molecule has 1 aliphatic rings.